The van der Waals surface area contributed by atoms with Gasteiger partial charge in [-0.2, -0.15) is 0 Å². The van der Waals surface area contributed by atoms with E-state index < -0.39 is 6.10 Å². The average molecular weight is 134 g/mol. The van der Waals surface area contributed by atoms with E-state index in [4.69, 9.17) is 5.11 Å². The third-order valence-electron chi connectivity index (χ3n) is 1.20. The van der Waals surface area contributed by atoms with Crippen LogP contribution in [0.15, 0.2) is 31.0 Å². The summed E-state index contributed by atoms with van der Waals surface area (Å²) in [6.07, 6.45) is 5.02. The highest BCUT2D eigenvalue weighted by molar-refractivity contribution is 5.14. The van der Waals surface area contributed by atoms with Crippen LogP contribution in [0.5, 0.6) is 0 Å². The number of rotatable bonds is 2. The molecular formula is C8H8NO. The molecule has 1 heterocycles. The Hall–Kier alpha value is -1.15. The van der Waals surface area contributed by atoms with Crippen LogP contribution in [0.2, 0.25) is 0 Å². The van der Waals surface area contributed by atoms with Gasteiger partial charge >= 0.3 is 0 Å². The van der Waals surface area contributed by atoms with E-state index in [-0.39, 0.29) is 0 Å². The second-order valence-electron chi connectivity index (χ2n) is 1.90. The van der Waals surface area contributed by atoms with E-state index in [1.165, 1.54) is 6.08 Å². The van der Waals surface area contributed by atoms with Crippen molar-refractivity contribution >= 4 is 0 Å². The first kappa shape index (κ1) is 6.96. The Morgan fingerprint density at radius 1 is 1.80 bits per heavy atom. The van der Waals surface area contributed by atoms with Gasteiger partial charge in [0.25, 0.3) is 0 Å². The van der Waals surface area contributed by atoms with Crippen LogP contribution in [0.1, 0.15) is 11.7 Å². The zero-order valence-corrected chi connectivity index (χ0v) is 5.49. The monoisotopic (exact) mass is 134 g/mol. The Balaban J connectivity index is 2.84. The Labute approximate surface area is 59.9 Å². The third kappa shape index (κ3) is 1.42. The van der Waals surface area contributed by atoms with Crippen molar-refractivity contribution in [3.8, 4) is 0 Å². The van der Waals surface area contributed by atoms with E-state index in [9.17, 15) is 0 Å². The van der Waals surface area contributed by atoms with Gasteiger partial charge < -0.3 is 5.11 Å². The molecule has 1 aromatic heterocycles. The topological polar surface area (TPSA) is 33.1 Å². The molecule has 0 aliphatic carbocycles. The molecule has 1 aromatic rings. The number of hydrogen-bond donors (Lipinski definition) is 1. The fraction of sp³-hybridized carbons (Fsp3) is 0.125. The molecule has 0 aromatic carbocycles. The highest BCUT2D eigenvalue weighted by atomic mass is 16.3. The third-order valence-corrected chi connectivity index (χ3v) is 1.20. The van der Waals surface area contributed by atoms with Crippen LogP contribution in [0.3, 0.4) is 0 Å². The molecular weight excluding hydrogens is 126 g/mol. The molecule has 1 atom stereocenters. The second-order valence-corrected chi connectivity index (χ2v) is 1.90. The molecule has 1 unspecified atom stereocenters. The molecule has 51 valence electrons. The molecule has 0 fully saturated rings. The summed E-state index contributed by atoms with van der Waals surface area (Å²) in [5.41, 5.74) is 0.744. The lowest BCUT2D eigenvalue weighted by atomic mass is 10.2. The van der Waals surface area contributed by atoms with Gasteiger partial charge in [-0.3, -0.25) is 4.98 Å². The van der Waals surface area contributed by atoms with Crippen molar-refractivity contribution in [3.05, 3.63) is 42.7 Å². The second kappa shape index (κ2) is 3.13. The van der Waals surface area contributed by atoms with Gasteiger partial charge in [0.15, 0.2) is 0 Å². The summed E-state index contributed by atoms with van der Waals surface area (Å²) in [5.74, 6) is 0. The molecule has 10 heavy (non-hydrogen) atoms. The molecule has 1 radical (unpaired) electrons. The first-order chi connectivity index (χ1) is 4.84. The number of aliphatic hydroxyl groups excluding tert-OH is 1. The maximum Gasteiger partial charge on any atom is 0.0984 e. The molecule has 0 aliphatic heterocycles. The van der Waals surface area contributed by atoms with Gasteiger partial charge in [0, 0.05) is 11.8 Å². The smallest absolute Gasteiger partial charge is 0.0984 e. The van der Waals surface area contributed by atoms with Crippen LogP contribution in [0.25, 0.3) is 0 Å². The largest absolute Gasteiger partial charge is 0.384 e. The van der Waals surface area contributed by atoms with Crippen molar-refractivity contribution in [1.82, 2.24) is 4.98 Å². The quantitative estimate of drug-likeness (QED) is 0.614. The van der Waals surface area contributed by atoms with E-state index >= 15 is 0 Å². The first-order valence-electron chi connectivity index (χ1n) is 2.97. The van der Waals surface area contributed by atoms with Crippen LogP contribution in [0.4, 0.5) is 0 Å². The molecule has 2 nitrogen and oxygen atoms in total. The lowest BCUT2D eigenvalue weighted by molar-refractivity contribution is 0.228. The Morgan fingerprint density at radius 2 is 2.60 bits per heavy atom. The van der Waals surface area contributed by atoms with Crippen LogP contribution in [-0.4, -0.2) is 10.1 Å². The summed E-state index contributed by atoms with van der Waals surface area (Å²) in [6.45, 7) is 3.45. The molecule has 0 saturated carbocycles. The lowest BCUT2D eigenvalue weighted by Crippen LogP contribution is -1.91. The van der Waals surface area contributed by atoms with Crippen molar-refractivity contribution in [2.75, 3.05) is 0 Å². The molecule has 1 N–H and O–H groups in total. The van der Waals surface area contributed by atoms with E-state index in [0.29, 0.717) is 0 Å². The molecule has 2 heteroatoms. The molecule has 0 amide bonds. The Kier molecular flexibility index (Phi) is 2.18. The van der Waals surface area contributed by atoms with E-state index in [1.54, 1.807) is 18.3 Å². The minimum absolute atomic E-state index is 0.609. The van der Waals surface area contributed by atoms with Crippen molar-refractivity contribution in [1.29, 1.82) is 0 Å². The predicted molar refractivity (Wildman–Crippen MR) is 38.2 cm³/mol. The number of aromatic nitrogens is 1. The zero-order chi connectivity index (χ0) is 7.40. The zero-order valence-electron chi connectivity index (χ0n) is 5.49. The van der Waals surface area contributed by atoms with Crippen LogP contribution in [0, 0.1) is 6.20 Å². The maximum absolute atomic E-state index is 9.16. The summed E-state index contributed by atoms with van der Waals surface area (Å²) in [7, 11) is 0. The highest BCUT2D eigenvalue weighted by Gasteiger charge is 1.99. The SMILES string of the molecule is C=CC(O)c1cc[c]nc1. The number of aliphatic hydroxyl groups is 1. The van der Waals surface area contributed by atoms with Gasteiger partial charge in [-0.05, 0) is 6.07 Å². The van der Waals surface area contributed by atoms with Gasteiger partial charge in [-0.1, -0.05) is 12.1 Å². The summed E-state index contributed by atoms with van der Waals surface area (Å²) < 4.78 is 0. The Morgan fingerprint density at radius 3 is 3.10 bits per heavy atom. The molecule has 0 saturated heterocycles. The summed E-state index contributed by atoms with van der Waals surface area (Å²) in [4.78, 5) is 3.72. The molecule has 1 rings (SSSR count). The van der Waals surface area contributed by atoms with Crippen LogP contribution < -0.4 is 0 Å². The van der Waals surface area contributed by atoms with Crippen molar-refractivity contribution < 1.29 is 5.11 Å². The molecule has 0 bridgehead atoms. The number of hydrogen-bond acceptors (Lipinski definition) is 2. The van der Waals surface area contributed by atoms with Crippen molar-refractivity contribution in [2.45, 2.75) is 6.10 Å². The van der Waals surface area contributed by atoms with Gasteiger partial charge in [0.2, 0.25) is 0 Å². The van der Waals surface area contributed by atoms with Gasteiger partial charge in [-0.15, -0.1) is 6.58 Å². The summed E-state index contributed by atoms with van der Waals surface area (Å²) >= 11 is 0. The molecule has 0 spiro atoms. The molecule has 0 aliphatic rings. The summed E-state index contributed by atoms with van der Waals surface area (Å²) in [6, 6.07) is 3.40. The number of nitrogens with zero attached hydrogens (tertiary/aromatic N) is 1. The first-order valence-corrected chi connectivity index (χ1v) is 2.97. The van der Waals surface area contributed by atoms with Gasteiger partial charge in [0.05, 0.1) is 12.3 Å². The standard InChI is InChI=1S/C8H8NO/c1-2-8(10)7-4-3-5-9-6-7/h2-4,6,8,10H,1H2. The average Bonchev–Trinajstić information content (AvgIpc) is 2.05. The highest BCUT2D eigenvalue weighted by Crippen LogP contribution is 2.09. The van der Waals surface area contributed by atoms with Crippen molar-refractivity contribution in [2.24, 2.45) is 0 Å². The van der Waals surface area contributed by atoms with Gasteiger partial charge in [-0.25, -0.2) is 0 Å². The predicted octanol–water partition coefficient (Wildman–Crippen LogP) is 1.10. The normalized spacial score (nSPS) is 12.5. The van der Waals surface area contributed by atoms with Crippen LogP contribution >= 0.6 is 0 Å². The lowest BCUT2D eigenvalue weighted by Gasteiger charge is -2.01. The van der Waals surface area contributed by atoms with E-state index in [1.807, 2.05) is 0 Å². The fourth-order valence-corrected chi connectivity index (χ4v) is 0.642. The number of pyridine rings is 1. The minimum Gasteiger partial charge on any atom is -0.384 e. The van der Waals surface area contributed by atoms with Crippen LogP contribution in [-0.2, 0) is 0 Å². The Bertz CT molecular complexity index is 208. The maximum atomic E-state index is 9.16. The van der Waals surface area contributed by atoms with Gasteiger partial charge in [0.1, 0.15) is 0 Å². The van der Waals surface area contributed by atoms with E-state index in [2.05, 4.69) is 17.8 Å². The van der Waals surface area contributed by atoms with Crippen molar-refractivity contribution in [3.63, 3.8) is 0 Å². The minimum atomic E-state index is -0.609. The van der Waals surface area contributed by atoms with E-state index in [0.717, 1.165) is 5.56 Å². The summed E-state index contributed by atoms with van der Waals surface area (Å²) in [5, 5.41) is 9.16. The fourth-order valence-electron chi connectivity index (χ4n) is 0.642.